The molecule has 0 fully saturated rings. The fourth-order valence-electron chi connectivity index (χ4n) is 11.6. The molecule has 0 rings (SSSR count). The lowest BCUT2D eigenvalue weighted by molar-refractivity contribution is -0.161. The van der Waals surface area contributed by atoms with Gasteiger partial charge >= 0.3 is 39.5 Å². The first kappa shape index (κ1) is 95.5. The molecule has 0 aliphatic carbocycles. The van der Waals surface area contributed by atoms with Gasteiger partial charge in [-0.25, -0.2) is 9.13 Å². The summed E-state index contributed by atoms with van der Waals surface area (Å²) in [6, 6.07) is 0. The average molecular weight is 1430 g/mol. The summed E-state index contributed by atoms with van der Waals surface area (Å²) in [6.45, 7) is 11.8. The van der Waals surface area contributed by atoms with Crippen LogP contribution in [0, 0.1) is 17.8 Å². The Labute approximate surface area is 599 Å². The maximum absolute atomic E-state index is 13.1. The van der Waals surface area contributed by atoms with Gasteiger partial charge in [0.1, 0.15) is 19.3 Å². The standard InChI is InChI=1S/C79H150O17P2/c1-8-10-11-12-13-14-15-16-21-25-28-31-40-48-55-62-79(84)96-75(67-90-77(82)61-54-47-42-35-37-44-51-58-71(5)6)69-94-98(87,88)92-65-73(80)64-91-97(85,86)93-68-74(66-89-76(81)60-53-46-39-34-33-38-45-52-59-72(7)9-2)95-78(83)63-56-49-41-32-29-26-23-20-18-17-19-22-24-27-30-36-43-50-57-70(3)4/h14-16,21,70-75,80H,8-13,17-20,22-69H2,1-7H3,(H,85,86)(H,87,88)/b15-14-,21-16-/t72?,73?,74-,75-/m1/s1. The van der Waals surface area contributed by atoms with E-state index in [1.54, 1.807) is 0 Å². The van der Waals surface area contributed by atoms with Crippen LogP contribution in [-0.4, -0.2) is 96.7 Å². The summed E-state index contributed by atoms with van der Waals surface area (Å²) in [4.78, 5) is 72.9. The molecule has 0 aromatic rings. The summed E-state index contributed by atoms with van der Waals surface area (Å²) in [6.07, 6.45) is 59.2. The van der Waals surface area contributed by atoms with E-state index in [9.17, 15) is 43.2 Å². The van der Waals surface area contributed by atoms with Crippen molar-refractivity contribution in [2.45, 2.75) is 401 Å². The minimum atomic E-state index is -4.96. The van der Waals surface area contributed by atoms with Crippen molar-refractivity contribution in [1.29, 1.82) is 0 Å². The average Bonchev–Trinajstić information content (AvgIpc) is 1.10. The second-order valence-electron chi connectivity index (χ2n) is 29.0. The fourth-order valence-corrected chi connectivity index (χ4v) is 13.1. The predicted molar refractivity (Wildman–Crippen MR) is 400 cm³/mol. The number of phosphoric ester groups is 2. The molecule has 0 bridgehead atoms. The molecule has 98 heavy (non-hydrogen) atoms. The second-order valence-corrected chi connectivity index (χ2v) is 31.9. The Kier molecular flexibility index (Phi) is 67.2. The van der Waals surface area contributed by atoms with Crippen molar-refractivity contribution in [2.24, 2.45) is 17.8 Å². The first-order chi connectivity index (χ1) is 47.3. The lowest BCUT2D eigenvalue weighted by Crippen LogP contribution is -2.30. The third-order valence-electron chi connectivity index (χ3n) is 18.1. The molecule has 0 amide bonds. The molecule has 0 heterocycles. The Hall–Kier alpha value is -2.46. The van der Waals surface area contributed by atoms with E-state index >= 15 is 0 Å². The molecule has 17 nitrogen and oxygen atoms in total. The normalized spacial score (nSPS) is 14.4. The number of allylic oxidation sites excluding steroid dienone is 4. The second kappa shape index (κ2) is 68.9. The van der Waals surface area contributed by atoms with Gasteiger partial charge in [-0.05, 0) is 69.1 Å². The van der Waals surface area contributed by atoms with E-state index in [-0.39, 0.29) is 25.7 Å². The molecule has 578 valence electrons. The quantitative estimate of drug-likeness (QED) is 0.0169. The first-order valence-corrected chi connectivity index (χ1v) is 43.2. The van der Waals surface area contributed by atoms with E-state index in [1.807, 2.05) is 0 Å². The van der Waals surface area contributed by atoms with Crippen LogP contribution >= 0.6 is 15.6 Å². The molecule has 0 spiro atoms. The van der Waals surface area contributed by atoms with E-state index in [0.717, 1.165) is 121 Å². The van der Waals surface area contributed by atoms with Gasteiger partial charge in [-0.3, -0.25) is 37.3 Å². The summed E-state index contributed by atoms with van der Waals surface area (Å²) < 4.78 is 68.5. The van der Waals surface area contributed by atoms with Crippen LogP contribution in [0.4, 0.5) is 0 Å². The number of carbonyl (C=O) groups is 4. The highest BCUT2D eigenvalue weighted by Gasteiger charge is 2.30. The molecule has 0 aliphatic heterocycles. The van der Waals surface area contributed by atoms with Gasteiger partial charge in [0.2, 0.25) is 0 Å². The molecule has 0 saturated heterocycles. The van der Waals surface area contributed by atoms with Crippen molar-refractivity contribution in [1.82, 2.24) is 0 Å². The monoisotopic (exact) mass is 1430 g/mol. The zero-order chi connectivity index (χ0) is 72.3. The van der Waals surface area contributed by atoms with Crippen molar-refractivity contribution in [2.75, 3.05) is 39.6 Å². The van der Waals surface area contributed by atoms with Crippen LogP contribution in [0.5, 0.6) is 0 Å². The lowest BCUT2D eigenvalue weighted by Gasteiger charge is -2.21. The summed E-state index contributed by atoms with van der Waals surface area (Å²) in [5.74, 6) is 0.150. The molecule has 19 heteroatoms. The molecule has 0 aliphatic rings. The smallest absolute Gasteiger partial charge is 0.462 e. The van der Waals surface area contributed by atoms with Gasteiger partial charge in [-0.2, -0.15) is 0 Å². The maximum Gasteiger partial charge on any atom is 0.472 e. The van der Waals surface area contributed by atoms with Crippen molar-refractivity contribution < 1.29 is 80.2 Å². The zero-order valence-electron chi connectivity index (χ0n) is 63.7. The summed E-state index contributed by atoms with van der Waals surface area (Å²) in [7, 11) is -9.93. The van der Waals surface area contributed by atoms with Gasteiger partial charge < -0.3 is 33.8 Å². The highest BCUT2D eigenvalue weighted by Crippen LogP contribution is 2.45. The van der Waals surface area contributed by atoms with Gasteiger partial charge in [0.05, 0.1) is 26.4 Å². The number of ether oxygens (including phenoxy) is 4. The number of rotatable bonds is 75. The van der Waals surface area contributed by atoms with Crippen LogP contribution in [0.1, 0.15) is 382 Å². The SMILES string of the molecule is CCCCCC/C=C\C=C/CCCCCCCC(=O)O[C@H](COC(=O)CCCCCCCCCC(C)C)COP(=O)(O)OCC(O)COP(=O)(O)OC[C@@H](COC(=O)CCCCCCCCCCC(C)CC)OC(=O)CCCCCCCCCCCCCCCCCCCCC(C)C. The topological polar surface area (TPSA) is 237 Å². The molecule has 0 saturated carbocycles. The third kappa shape index (κ3) is 70.6. The minimum absolute atomic E-state index is 0.0840. The van der Waals surface area contributed by atoms with Crippen LogP contribution < -0.4 is 0 Å². The van der Waals surface area contributed by atoms with Crippen LogP contribution in [0.3, 0.4) is 0 Å². The van der Waals surface area contributed by atoms with Gasteiger partial charge in [-0.1, -0.05) is 330 Å². The number of aliphatic hydroxyl groups is 1. The van der Waals surface area contributed by atoms with Crippen molar-refractivity contribution in [3.05, 3.63) is 24.3 Å². The summed E-state index contributed by atoms with van der Waals surface area (Å²) >= 11 is 0. The number of hydrogen-bond acceptors (Lipinski definition) is 15. The van der Waals surface area contributed by atoms with Crippen molar-refractivity contribution in [3.8, 4) is 0 Å². The summed E-state index contributed by atoms with van der Waals surface area (Å²) in [5, 5.41) is 10.6. The molecule has 0 aromatic heterocycles. The molecule has 4 unspecified atom stereocenters. The van der Waals surface area contributed by atoms with E-state index in [1.165, 1.54) is 173 Å². The first-order valence-electron chi connectivity index (χ1n) is 40.2. The molecule has 0 radical (unpaired) electrons. The largest absolute Gasteiger partial charge is 0.472 e. The number of hydrogen-bond donors (Lipinski definition) is 3. The van der Waals surface area contributed by atoms with Gasteiger partial charge in [0.25, 0.3) is 0 Å². The number of aliphatic hydroxyl groups excluding tert-OH is 1. The Balaban J connectivity index is 5.24. The highest BCUT2D eigenvalue weighted by atomic mass is 31.2. The van der Waals surface area contributed by atoms with Crippen LogP contribution in [0.2, 0.25) is 0 Å². The number of unbranched alkanes of at least 4 members (excludes halogenated alkanes) is 39. The number of phosphoric acid groups is 2. The zero-order valence-corrected chi connectivity index (χ0v) is 65.5. The summed E-state index contributed by atoms with van der Waals surface area (Å²) in [5.41, 5.74) is 0. The Bertz CT molecular complexity index is 2000. The molecular weight excluding hydrogens is 1280 g/mol. The number of esters is 4. The Morgan fingerprint density at radius 1 is 0.337 bits per heavy atom. The number of carbonyl (C=O) groups excluding carboxylic acids is 4. The van der Waals surface area contributed by atoms with Crippen LogP contribution in [0.15, 0.2) is 24.3 Å². The Morgan fingerprint density at radius 2 is 0.602 bits per heavy atom. The van der Waals surface area contributed by atoms with Crippen molar-refractivity contribution in [3.63, 3.8) is 0 Å². The van der Waals surface area contributed by atoms with Crippen LogP contribution in [0.25, 0.3) is 0 Å². The maximum atomic E-state index is 13.1. The van der Waals surface area contributed by atoms with Gasteiger partial charge in [0, 0.05) is 25.7 Å². The third-order valence-corrected chi connectivity index (χ3v) is 20.0. The van der Waals surface area contributed by atoms with Gasteiger partial charge in [0.15, 0.2) is 12.2 Å². The lowest BCUT2D eigenvalue weighted by atomic mass is 9.99. The highest BCUT2D eigenvalue weighted by molar-refractivity contribution is 7.47. The van der Waals surface area contributed by atoms with Crippen molar-refractivity contribution >= 4 is 39.5 Å². The van der Waals surface area contributed by atoms with E-state index in [4.69, 9.17) is 37.0 Å². The Morgan fingerprint density at radius 3 is 0.908 bits per heavy atom. The van der Waals surface area contributed by atoms with E-state index in [2.05, 4.69) is 72.8 Å². The van der Waals surface area contributed by atoms with E-state index in [0.29, 0.717) is 31.6 Å². The molecule has 3 N–H and O–H groups in total. The van der Waals surface area contributed by atoms with E-state index < -0.39 is 97.5 Å². The molecule has 6 atom stereocenters. The van der Waals surface area contributed by atoms with Crippen LogP contribution in [-0.2, 0) is 65.4 Å². The molecular formula is C79H150O17P2. The molecule has 0 aromatic carbocycles. The minimum Gasteiger partial charge on any atom is -0.462 e. The predicted octanol–water partition coefficient (Wildman–Crippen LogP) is 22.9. The fraction of sp³-hybridized carbons (Fsp3) is 0.899. The van der Waals surface area contributed by atoms with Gasteiger partial charge in [-0.15, -0.1) is 0 Å².